The second-order valence-corrected chi connectivity index (χ2v) is 11.3. The van der Waals surface area contributed by atoms with E-state index < -0.39 is 10.0 Å². The Morgan fingerprint density at radius 2 is 1.73 bits per heavy atom. The smallest absolute Gasteiger partial charge is 0.289 e. The number of nitrogens with zero attached hydrogens (tertiary/aromatic N) is 2. The van der Waals surface area contributed by atoms with E-state index in [-0.39, 0.29) is 28.4 Å². The average Bonchev–Trinajstić information content (AvgIpc) is 3.33. The van der Waals surface area contributed by atoms with Gasteiger partial charge in [-0.25, -0.2) is 8.42 Å². The van der Waals surface area contributed by atoms with Crippen molar-refractivity contribution in [2.24, 2.45) is 17.8 Å². The molecular weight excluding hydrogens is 442 g/mol. The molecule has 0 saturated carbocycles. The first-order valence-electron chi connectivity index (χ1n) is 11.5. The summed E-state index contributed by atoms with van der Waals surface area (Å²) in [5.41, 5.74) is 0.536. The Morgan fingerprint density at radius 1 is 1.03 bits per heavy atom. The molecule has 33 heavy (non-hydrogen) atoms. The summed E-state index contributed by atoms with van der Waals surface area (Å²) in [4.78, 5) is 27.2. The number of likely N-dealkylation sites (tertiary alicyclic amines) is 1. The predicted molar refractivity (Wildman–Crippen MR) is 124 cm³/mol. The molecule has 1 aromatic heterocycles. The molecule has 0 aliphatic carbocycles. The lowest BCUT2D eigenvalue weighted by atomic mass is 9.94. The number of anilines is 1. The van der Waals surface area contributed by atoms with Crippen molar-refractivity contribution in [1.82, 2.24) is 9.21 Å². The molecular formula is C24H31N3O5S. The molecule has 1 N–H and O–H groups in total. The van der Waals surface area contributed by atoms with Crippen LogP contribution in [-0.2, 0) is 14.8 Å². The van der Waals surface area contributed by atoms with E-state index in [1.54, 1.807) is 45.6 Å². The molecule has 0 bridgehead atoms. The Kier molecular flexibility index (Phi) is 6.90. The van der Waals surface area contributed by atoms with Gasteiger partial charge in [-0.1, -0.05) is 13.8 Å². The van der Waals surface area contributed by atoms with Gasteiger partial charge in [-0.2, -0.15) is 4.31 Å². The van der Waals surface area contributed by atoms with Crippen molar-refractivity contribution in [2.75, 3.05) is 31.5 Å². The van der Waals surface area contributed by atoms with Gasteiger partial charge in [-0.15, -0.1) is 0 Å². The molecule has 178 valence electrons. The van der Waals surface area contributed by atoms with Gasteiger partial charge in [-0.05, 0) is 67.5 Å². The highest BCUT2D eigenvalue weighted by Crippen LogP contribution is 2.27. The summed E-state index contributed by atoms with van der Waals surface area (Å²) in [7, 11) is -3.56. The van der Waals surface area contributed by atoms with Crippen LogP contribution < -0.4 is 5.32 Å². The number of benzene rings is 1. The van der Waals surface area contributed by atoms with Gasteiger partial charge in [0.1, 0.15) is 0 Å². The number of sulfonamides is 1. The standard InChI is InChI=1S/C24H31N3O5S/c1-17-13-18(2)15-27(14-17)33(30,31)21-9-7-20(8-10-21)25-23(28)19-5-3-11-26(16-19)24(29)22-6-4-12-32-22/h4,6-10,12,17-19H,3,5,11,13-16H2,1-2H3,(H,25,28)/t17-,18+,19-/m1/s1. The van der Waals surface area contributed by atoms with E-state index >= 15 is 0 Å². The molecule has 8 nitrogen and oxygen atoms in total. The molecule has 2 aromatic rings. The molecule has 0 unspecified atom stereocenters. The van der Waals surface area contributed by atoms with Crippen molar-refractivity contribution in [1.29, 1.82) is 0 Å². The number of furan rings is 1. The number of rotatable bonds is 5. The first kappa shape index (κ1) is 23.5. The van der Waals surface area contributed by atoms with Crippen LogP contribution in [0.15, 0.2) is 52.0 Å². The van der Waals surface area contributed by atoms with Crippen LogP contribution in [0.5, 0.6) is 0 Å². The van der Waals surface area contributed by atoms with Crippen molar-refractivity contribution >= 4 is 27.5 Å². The van der Waals surface area contributed by atoms with Gasteiger partial charge in [0.15, 0.2) is 5.76 Å². The number of piperidine rings is 2. The number of hydrogen-bond acceptors (Lipinski definition) is 5. The zero-order valence-electron chi connectivity index (χ0n) is 19.1. The first-order chi connectivity index (χ1) is 15.7. The largest absolute Gasteiger partial charge is 0.459 e. The molecule has 2 amide bonds. The van der Waals surface area contributed by atoms with Gasteiger partial charge in [0.2, 0.25) is 15.9 Å². The topological polar surface area (TPSA) is 99.9 Å². The lowest BCUT2D eigenvalue weighted by Crippen LogP contribution is -2.43. The lowest BCUT2D eigenvalue weighted by Gasteiger charge is -2.34. The summed E-state index contributed by atoms with van der Waals surface area (Å²) in [6, 6.07) is 9.61. The Morgan fingerprint density at radius 3 is 2.36 bits per heavy atom. The lowest BCUT2D eigenvalue weighted by molar-refractivity contribution is -0.121. The van der Waals surface area contributed by atoms with Crippen molar-refractivity contribution in [3.8, 4) is 0 Å². The molecule has 3 atom stereocenters. The molecule has 9 heteroatoms. The minimum Gasteiger partial charge on any atom is -0.459 e. The van der Waals surface area contributed by atoms with Crippen LogP contribution in [0.3, 0.4) is 0 Å². The summed E-state index contributed by atoms with van der Waals surface area (Å²) in [5.74, 6) is 0.200. The van der Waals surface area contributed by atoms with E-state index in [0.717, 1.165) is 12.8 Å². The van der Waals surface area contributed by atoms with Crippen molar-refractivity contribution in [2.45, 2.75) is 38.0 Å². The monoisotopic (exact) mass is 473 g/mol. The normalized spacial score (nSPS) is 24.4. The predicted octanol–water partition coefficient (Wildman–Crippen LogP) is 3.44. The second kappa shape index (κ2) is 9.69. The van der Waals surface area contributed by atoms with Gasteiger partial charge >= 0.3 is 0 Å². The van der Waals surface area contributed by atoms with E-state index in [9.17, 15) is 18.0 Å². The third kappa shape index (κ3) is 5.30. The number of nitrogens with one attached hydrogen (secondary N) is 1. The van der Waals surface area contributed by atoms with Gasteiger partial charge < -0.3 is 14.6 Å². The zero-order valence-corrected chi connectivity index (χ0v) is 19.9. The average molecular weight is 474 g/mol. The van der Waals surface area contributed by atoms with Crippen LogP contribution in [0.25, 0.3) is 0 Å². The second-order valence-electron chi connectivity index (χ2n) is 9.35. The summed E-state index contributed by atoms with van der Waals surface area (Å²) in [6.45, 7) is 6.11. The Labute approximate surface area is 195 Å². The minimum absolute atomic E-state index is 0.179. The van der Waals surface area contributed by atoms with Crippen molar-refractivity contribution < 1.29 is 22.4 Å². The van der Waals surface area contributed by atoms with Gasteiger partial charge in [0.25, 0.3) is 5.91 Å². The van der Waals surface area contributed by atoms with Gasteiger partial charge in [0.05, 0.1) is 17.1 Å². The van der Waals surface area contributed by atoms with E-state index in [0.29, 0.717) is 50.1 Å². The number of amides is 2. The summed E-state index contributed by atoms with van der Waals surface area (Å²) >= 11 is 0. The van der Waals surface area contributed by atoms with E-state index in [1.165, 1.54) is 6.26 Å². The molecule has 4 rings (SSSR count). The highest BCUT2D eigenvalue weighted by Gasteiger charge is 2.32. The fraction of sp³-hybridized carbons (Fsp3) is 0.500. The maximum absolute atomic E-state index is 13.1. The molecule has 0 radical (unpaired) electrons. The Hall–Kier alpha value is -2.65. The van der Waals surface area contributed by atoms with Crippen LogP contribution >= 0.6 is 0 Å². The Bertz CT molecular complexity index is 1070. The summed E-state index contributed by atoms with van der Waals surface area (Å²) < 4.78 is 32.9. The third-order valence-electron chi connectivity index (χ3n) is 6.41. The highest BCUT2D eigenvalue weighted by molar-refractivity contribution is 7.89. The van der Waals surface area contributed by atoms with Crippen LogP contribution in [0, 0.1) is 17.8 Å². The molecule has 2 saturated heterocycles. The minimum atomic E-state index is -3.56. The highest BCUT2D eigenvalue weighted by atomic mass is 32.2. The SMILES string of the molecule is C[C@@H]1C[C@H](C)CN(S(=O)(=O)c2ccc(NC(=O)[C@@H]3CCCN(C(=O)c4ccco4)C3)cc2)C1. The number of hydrogen-bond donors (Lipinski definition) is 1. The van der Waals surface area contributed by atoms with E-state index in [1.807, 2.05) is 0 Å². The quantitative estimate of drug-likeness (QED) is 0.717. The van der Waals surface area contributed by atoms with Crippen LogP contribution in [0.1, 0.15) is 43.7 Å². The maximum Gasteiger partial charge on any atom is 0.289 e. The molecule has 2 fully saturated rings. The van der Waals surface area contributed by atoms with Crippen LogP contribution in [-0.4, -0.2) is 55.6 Å². The van der Waals surface area contributed by atoms with Crippen LogP contribution in [0.2, 0.25) is 0 Å². The fourth-order valence-electron chi connectivity index (χ4n) is 4.84. The number of carbonyl (C=O) groups is 2. The molecule has 2 aliphatic rings. The van der Waals surface area contributed by atoms with E-state index in [2.05, 4.69) is 19.2 Å². The van der Waals surface area contributed by atoms with Crippen molar-refractivity contribution in [3.05, 3.63) is 48.4 Å². The summed E-state index contributed by atoms with van der Waals surface area (Å²) in [5, 5.41) is 2.87. The molecule has 3 heterocycles. The molecule has 0 spiro atoms. The first-order valence-corrected chi connectivity index (χ1v) is 12.9. The van der Waals surface area contributed by atoms with Crippen LogP contribution in [0.4, 0.5) is 5.69 Å². The zero-order chi connectivity index (χ0) is 23.6. The Balaban J connectivity index is 1.38. The maximum atomic E-state index is 13.1. The molecule has 1 aromatic carbocycles. The van der Waals surface area contributed by atoms with Crippen molar-refractivity contribution in [3.63, 3.8) is 0 Å². The molecule has 2 aliphatic heterocycles. The third-order valence-corrected chi connectivity index (χ3v) is 8.25. The van der Waals surface area contributed by atoms with Gasteiger partial charge in [-0.3, -0.25) is 9.59 Å². The fourth-order valence-corrected chi connectivity index (χ4v) is 6.52. The van der Waals surface area contributed by atoms with Gasteiger partial charge in [0, 0.05) is 31.9 Å². The van der Waals surface area contributed by atoms with E-state index in [4.69, 9.17) is 4.42 Å². The number of carbonyl (C=O) groups excluding carboxylic acids is 2. The summed E-state index contributed by atoms with van der Waals surface area (Å²) in [6.07, 6.45) is 3.90.